The molecule has 2 aliphatic rings. The molecule has 1 aliphatic carbocycles. The van der Waals surface area contributed by atoms with E-state index in [9.17, 15) is 18.8 Å². The molecule has 1 saturated heterocycles. The number of nitrogens with one attached hydrogen (secondary N) is 2. The molecule has 0 aromatic carbocycles. The van der Waals surface area contributed by atoms with Gasteiger partial charge in [0, 0.05) is 6.54 Å². The molecule has 1 unspecified atom stereocenters. The molecule has 0 aromatic rings. The van der Waals surface area contributed by atoms with Crippen LogP contribution < -0.4 is 10.6 Å². The lowest BCUT2D eigenvalue weighted by Crippen LogP contribution is -2.52. The van der Waals surface area contributed by atoms with E-state index >= 15 is 0 Å². The summed E-state index contributed by atoms with van der Waals surface area (Å²) in [7, 11) is 0. The third kappa shape index (κ3) is 3.68. The quantitative estimate of drug-likeness (QED) is 0.760. The Kier molecular flexibility index (Phi) is 5.08. The van der Waals surface area contributed by atoms with Crippen LogP contribution in [0.3, 0.4) is 0 Å². The van der Waals surface area contributed by atoms with Gasteiger partial charge in [-0.2, -0.15) is 0 Å². The Morgan fingerprint density at radius 3 is 2.90 bits per heavy atom. The maximum absolute atomic E-state index is 13.6. The van der Waals surface area contributed by atoms with E-state index in [2.05, 4.69) is 10.6 Å². The van der Waals surface area contributed by atoms with Gasteiger partial charge >= 0.3 is 12.4 Å². The van der Waals surface area contributed by atoms with Crippen LogP contribution in [-0.2, 0) is 9.59 Å². The molecular weight excluding hydrogens is 277 g/mol. The summed E-state index contributed by atoms with van der Waals surface area (Å²) in [5, 5.41) is 4.80. The summed E-state index contributed by atoms with van der Waals surface area (Å²) >= 11 is 0. The summed E-state index contributed by atoms with van der Waals surface area (Å²) in [4.78, 5) is 35.8. The van der Waals surface area contributed by atoms with Crippen LogP contribution in [0.5, 0.6) is 0 Å². The SMILES string of the molecule is O=[C]N[C@H]1CCCCN(C(=O)NC2CC=CC=C2F)C1=O. The minimum absolute atomic E-state index is 0.260. The van der Waals surface area contributed by atoms with E-state index in [4.69, 9.17) is 0 Å². The highest BCUT2D eigenvalue weighted by Gasteiger charge is 2.32. The first-order chi connectivity index (χ1) is 10.1. The Morgan fingerprint density at radius 1 is 1.38 bits per heavy atom. The smallest absolute Gasteiger partial charge is 0.324 e. The number of rotatable bonds is 3. The summed E-state index contributed by atoms with van der Waals surface area (Å²) in [6.07, 6.45) is 8.27. The largest absolute Gasteiger partial charge is 0.336 e. The van der Waals surface area contributed by atoms with E-state index in [0.717, 1.165) is 11.3 Å². The summed E-state index contributed by atoms with van der Waals surface area (Å²) in [6, 6.07) is -2.13. The Hall–Kier alpha value is -2.18. The molecule has 1 aliphatic heterocycles. The molecular formula is C14H17FN3O3. The van der Waals surface area contributed by atoms with Crippen molar-refractivity contribution in [2.75, 3.05) is 6.54 Å². The minimum Gasteiger partial charge on any atom is -0.336 e. The van der Waals surface area contributed by atoms with Gasteiger partial charge in [0.25, 0.3) is 5.91 Å². The van der Waals surface area contributed by atoms with Gasteiger partial charge in [0.15, 0.2) is 0 Å². The topological polar surface area (TPSA) is 78.5 Å². The molecule has 6 nitrogen and oxygen atoms in total. The number of nitrogens with zero attached hydrogens (tertiary/aromatic N) is 1. The van der Waals surface area contributed by atoms with Crippen molar-refractivity contribution in [3.05, 3.63) is 24.1 Å². The molecule has 1 fully saturated rings. The van der Waals surface area contributed by atoms with Crippen molar-refractivity contribution in [1.82, 2.24) is 15.5 Å². The predicted octanol–water partition coefficient (Wildman–Crippen LogP) is 0.916. The second-order valence-corrected chi connectivity index (χ2v) is 5.00. The van der Waals surface area contributed by atoms with E-state index < -0.39 is 29.8 Å². The molecule has 0 aromatic heterocycles. The maximum atomic E-state index is 13.6. The fourth-order valence-corrected chi connectivity index (χ4v) is 2.41. The highest BCUT2D eigenvalue weighted by molar-refractivity contribution is 5.98. The monoisotopic (exact) mass is 294 g/mol. The Labute approximate surface area is 122 Å². The number of amides is 4. The molecule has 0 bridgehead atoms. The standard InChI is InChI=1S/C14H17FN3O3/c15-10-5-1-2-6-11(10)17-14(21)18-8-4-3-7-12(13(18)20)16-9-19/h1-2,5,11-12H,3-4,6-8H2,(H,16,19)(H,17,21)/t11?,12-/m0/s1. The number of hydrogen-bond acceptors (Lipinski definition) is 3. The van der Waals surface area contributed by atoms with Crippen LogP contribution >= 0.6 is 0 Å². The van der Waals surface area contributed by atoms with Crippen molar-refractivity contribution >= 4 is 18.3 Å². The summed E-state index contributed by atoms with van der Waals surface area (Å²) in [6.45, 7) is 0.260. The van der Waals surface area contributed by atoms with Gasteiger partial charge in [0.05, 0.1) is 6.04 Å². The average Bonchev–Trinajstić information content (AvgIpc) is 2.65. The predicted molar refractivity (Wildman–Crippen MR) is 73.4 cm³/mol. The van der Waals surface area contributed by atoms with Crippen molar-refractivity contribution < 1.29 is 18.8 Å². The zero-order valence-electron chi connectivity index (χ0n) is 11.5. The van der Waals surface area contributed by atoms with E-state index in [1.807, 2.05) is 0 Å². The Bertz CT molecular complexity index is 490. The van der Waals surface area contributed by atoms with Crippen LogP contribution in [0.25, 0.3) is 0 Å². The third-order valence-corrected chi connectivity index (χ3v) is 3.56. The van der Waals surface area contributed by atoms with Crippen LogP contribution in [0.2, 0.25) is 0 Å². The van der Waals surface area contributed by atoms with Gasteiger partial charge in [-0.25, -0.2) is 9.18 Å². The Balaban J connectivity index is 2.02. The molecule has 2 rings (SSSR count). The first kappa shape index (κ1) is 15.2. The first-order valence-electron chi connectivity index (χ1n) is 6.90. The number of carbonyl (C=O) groups excluding carboxylic acids is 3. The second kappa shape index (κ2) is 7.01. The van der Waals surface area contributed by atoms with Gasteiger partial charge in [-0.1, -0.05) is 12.2 Å². The molecule has 0 saturated carbocycles. The fraction of sp³-hybridized carbons (Fsp3) is 0.500. The highest BCUT2D eigenvalue weighted by atomic mass is 19.1. The van der Waals surface area contributed by atoms with Gasteiger partial charge in [-0.3, -0.25) is 14.5 Å². The second-order valence-electron chi connectivity index (χ2n) is 5.00. The summed E-state index contributed by atoms with van der Waals surface area (Å²) < 4.78 is 13.6. The highest BCUT2D eigenvalue weighted by Crippen LogP contribution is 2.16. The van der Waals surface area contributed by atoms with Crippen LogP contribution in [-0.4, -0.2) is 41.9 Å². The van der Waals surface area contributed by atoms with Crippen molar-refractivity contribution in [3.8, 4) is 0 Å². The van der Waals surface area contributed by atoms with E-state index in [1.54, 1.807) is 12.2 Å². The minimum atomic E-state index is -0.748. The number of likely N-dealkylation sites (tertiary alicyclic amines) is 1. The molecule has 0 spiro atoms. The normalized spacial score (nSPS) is 25.9. The van der Waals surface area contributed by atoms with E-state index in [1.165, 1.54) is 12.5 Å². The molecule has 7 heteroatoms. The number of hydrogen-bond donors (Lipinski definition) is 2. The van der Waals surface area contributed by atoms with Gasteiger partial charge in [-0.15, -0.1) is 0 Å². The number of carbonyl (C=O) groups is 2. The summed E-state index contributed by atoms with van der Waals surface area (Å²) in [5.74, 6) is -0.923. The molecule has 2 N–H and O–H groups in total. The van der Waals surface area contributed by atoms with Crippen LogP contribution in [0.15, 0.2) is 24.1 Å². The molecule has 4 amide bonds. The average molecular weight is 294 g/mol. The molecule has 1 heterocycles. The van der Waals surface area contributed by atoms with Crippen LogP contribution in [0.4, 0.5) is 9.18 Å². The van der Waals surface area contributed by atoms with Crippen LogP contribution in [0.1, 0.15) is 25.7 Å². The maximum Gasteiger partial charge on any atom is 0.324 e. The van der Waals surface area contributed by atoms with E-state index in [0.29, 0.717) is 19.3 Å². The molecule has 1 radical (unpaired) electrons. The van der Waals surface area contributed by atoms with Crippen molar-refractivity contribution in [3.63, 3.8) is 0 Å². The zero-order chi connectivity index (χ0) is 15.2. The zero-order valence-corrected chi connectivity index (χ0v) is 11.5. The number of urea groups is 1. The van der Waals surface area contributed by atoms with Gasteiger partial charge in [0.2, 0.25) is 0 Å². The lowest BCUT2D eigenvalue weighted by Gasteiger charge is -2.25. The van der Waals surface area contributed by atoms with Gasteiger partial charge in [0.1, 0.15) is 11.9 Å². The van der Waals surface area contributed by atoms with Gasteiger partial charge in [-0.05, 0) is 31.8 Å². The molecule has 2 atom stereocenters. The first-order valence-corrected chi connectivity index (χ1v) is 6.90. The van der Waals surface area contributed by atoms with Gasteiger partial charge < -0.3 is 10.6 Å². The lowest BCUT2D eigenvalue weighted by atomic mass is 10.1. The number of halogens is 1. The number of allylic oxidation sites excluding steroid dienone is 2. The van der Waals surface area contributed by atoms with Crippen molar-refractivity contribution in [2.24, 2.45) is 0 Å². The van der Waals surface area contributed by atoms with Crippen molar-refractivity contribution in [1.29, 1.82) is 0 Å². The Morgan fingerprint density at radius 2 is 2.19 bits per heavy atom. The molecule has 113 valence electrons. The third-order valence-electron chi connectivity index (χ3n) is 3.56. The lowest BCUT2D eigenvalue weighted by molar-refractivity contribution is -0.129. The van der Waals surface area contributed by atoms with E-state index in [-0.39, 0.29) is 6.54 Å². The fourth-order valence-electron chi connectivity index (χ4n) is 2.41. The number of imide groups is 1. The van der Waals surface area contributed by atoms with Crippen molar-refractivity contribution in [2.45, 2.75) is 37.8 Å². The summed E-state index contributed by atoms with van der Waals surface area (Å²) in [5.41, 5.74) is 0. The molecule has 21 heavy (non-hydrogen) atoms. The van der Waals surface area contributed by atoms with Crippen LogP contribution in [0, 0.1) is 0 Å².